The molecule has 3 fully saturated rings. The summed E-state index contributed by atoms with van der Waals surface area (Å²) in [7, 11) is 0. The van der Waals surface area contributed by atoms with Gasteiger partial charge in [-0.05, 0) is 80.1 Å². The maximum absolute atomic E-state index is 12.3. The average Bonchev–Trinajstić information content (AvgIpc) is 2.92. The lowest BCUT2D eigenvalue weighted by Gasteiger charge is -2.54. The van der Waals surface area contributed by atoms with E-state index in [2.05, 4.69) is 40.3 Å². The van der Waals surface area contributed by atoms with Gasteiger partial charge in [-0.2, -0.15) is 0 Å². The number of aliphatic hydroxyl groups is 3. The van der Waals surface area contributed by atoms with E-state index < -0.39 is 29.7 Å². The molecule has 0 spiro atoms. The zero-order chi connectivity index (χ0) is 22.2. The number of fused-ring (bicyclic) bond motifs is 3. The van der Waals surface area contributed by atoms with Gasteiger partial charge in [0.15, 0.2) is 6.10 Å². The molecule has 1 heterocycles. The number of carbonyl (C=O) groups is 1. The van der Waals surface area contributed by atoms with Gasteiger partial charge in [0.1, 0.15) is 11.7 Å². The molecule has 10 atom stereocenters. The smallest absolute Gasteiger partial charge is 0.338 e. The van der Waals surface area contributed by atoms with Gasteiger partial charge in [-0.3, -0.25) is 0 Å². The Morgan fingerprint density at radius 1 is 1.20 bits per heavy atom. The van der Waals surface area contributed by atoms with Crippen molar-refractivity contribution in [2.24, 2.45) is 40.9 Å². The van der Waals surface area contributed by atoms with Gasteiger partial charge in [-0.25, -0.2) is 4.79 Å². The minimum Gasteiger partial charge on any atom is -0.460 e. The third-order valence-electron chi connectivity index (χ3n) is 9.24. The highest BCUT2D eigenvalue weighted by molar-refractivity contribution is 5.78. The van der Waals surface area contributed by atoms with Gasteiger partial charge in [0.25, 0.3) is 0 Å². The molecule has 5 nitrogen and oxygen atoms in total. The highest BCUT2D eigenvalue weighted by Gasteiger charge is 2.62. The van der Waals surface area contributed by atoms with Crippen molar-refractivity contribution in [3.05, 3.63) is 23.8 Å². The summed E-state index contributed by atoms with van der Waals surface area (Å²) < 4.78 is 5.34. The van der Waals surface area contributed by atoms with Crippen LogP contribution in [0, 0.1) is 40.9 Å². The molecule has 0 aromatic rings. The van der Waals surface area contributed by atoms with Gasteiger partial charge >= 0.3 is 5.97 Å². The first-order chi connectivity index (χ1) is 13.9. The van der Waals surface area contributed by atoms with Crippen molar-refractivity contribution >= 4 is 5.97 Å². The lowest BCUT2D eigenvalue weighted by Crippen LogP contribution is -2.63. The zero-order valence-electron chi connectivity index (χ0n) is 19.0. The Balaban J connectivity index is 1.78. The minimum absolute atomic E-state index is 0.0357. The molecule has 168 valence electrons. The van der Waals surface area contributed by atoms with Gasteiger partial charge in [0.2, 0.25) is 0 Å². The Bertz CT molecular complexity index is 772. The monoisotopic (exact) mass is 418 g/mol. The fourth-order valence-electron chi connectivity index (χ4n) is 7.65. The van der Waals surface area contributed by atoms with Gasteiger partial charge in [-0.1, -0.05) is 39.0 Å². The minimum atomic E-state index is -1.69. The average molecular weight is 419 g/mol. The van der Waals surface area contributed by atoms with Crippen LogP contribution in [0.5, 0.6) is 0 Å². The van der Waals surface area contributed by atoms with E-state index in [-0.39, 0.29) is 29.3 Å². The van der Waals surface area contributed by atoms with Crippen molar-refractivity contribution in [2.45, 2.75) is 84.2 Å². The molecule has 30 heavy (non-hydrogen) atoms. The number of esters is 1. The van der Waals surface area contributed by atoms with Crippen LogP contribution in [0.25, 0.3) is 0 Å². The lowest BCUT2D eigenvalue weighted by atomic mass is 9.53. The molecule has 0 amide bonds. The van der Waals surface area contributed by atoms with Crippen LogP contribution in [0.2, 0.25) is 0 Å². The molecule has 3 aliphatic carbocycles. The normalized spacial score (nSPS) is 53.0. The highest BCUT2D eigenvalue weighted by Crippen LogP contribution is 2.63. The van der Waals surface area contributed by atoms with E-state index in [0.29, 0.717) is 23.8 Å². The third kappa shape index (κ3) is 2.96. The summed E-state index contributed by atoms with van der Waals surface area (Å²) in [6.45, 7) is 14.9. The number of carbonyl (C=O) groups excluding carboxylic acids is 1. The third-order valence-corrected chi connectivity index (χ3v) is 9.24. The van der Waals surface area contributed by atoms with E-state index in [1.54, 1.807) is 6.92 Å². The molecule has 0 bridgehead atoms. The first-order valence-corrected chi connectivity index (χ1v) is 11.6. The van der Waals surface area contributed by atoms with Crippen molar-refractivity contribution in [1.29, 1.82) is 0 Å². The quantitative estimate of drug-likeness (QED) is 0.450. The zero-order valence-corrected chi connectivity index (χ0v) is 19.0. The van der Waals surface area contributed by atoms with Crippen LogP contribution in [0.3, 0.4) is 0 Å². The van der Waals surface area contributed by atoms with E-state index in [9.17, 15) is 20.1 Å². The Hall–Kier alpha value is -1.17. The summed E-state index contributed by atoms with van der Waals surface area (Å²) in [6.07, 6.45) is 2.84. The van der Waals surface area contributed by atoms with Crippen LogP contribution in [0.1, 0.15) is 60.3 Å². The second kappa shape index (κ2) is 7.18. The Labute approximate surface area is 180 Å². The van der Waals surface area contributed by atoms with Crippen LogP contribution >= 0.6 is 0 Å². The van der Waals surface area contributed by atoms with E-state index in [1.807, 2.05) is 0 Å². The molecule has 1 aliphatic heterocycles. The number of hydrogen-bond donors (Lipinski definition) is 3. The number of aliphatic hydroxyl groups excluding tert-OH is 2. The topological polar surface area (TPSA) is 87.0 Å². The van der Waals surface area contributed by atoms with Crippen molar-refractivity contribution in [3.8, 4) is 0 Å². The van der Waals surface area contributed by atoms with Crippen molar-refractivity contribution in [1.82, 2.24) is 0 Å². The van der Waals surface area contributed by atoms with E-state index in [0.717, 1.165) is 19.3 Å². The number of cyclic esters (lactones) is 1. The second-order valence-corrected chi connectivity index (χ2v) is 11.2. The van der Waals surface area contributed by atoms with E-state index in [4.69, 9.17) is 4.74 Å². The standard InChI is InChI=1S/C25H38O5/c1-12(2)21-19-9-16-14(4)25(29)18(15(5)30-23(28)22(25)27)8-7-13(3)17(16)10-24(19,6)11-20(21)26/h7,12,15-22,26-27,29H,4,8-11H2,1-3,5-6H3/b13-7-. The fraction of sp³-hybridized carbons (Fsp3) is 0.800. The summed E-state index contributed by atoms with van der Waals surface area (Å²) in [6, 6.07) is 0. The number of rotatable bonds is 1. The summed E-state index contributed by atoms with van der Waals surface area (Å²) in [5.74, 6) is -0.121. The highest BCUT2D eigenvalue weighted by atomic mass is 16.6. The molecule has 0 aromatic carbocycles. The number of ether oxygens (including phenoxy) is 1. The lowest BCUT2D eigenvalue weighted by molar-refractivity contribution is -0.209. The summed E-state index contributed by atoms with van der Waals surface area (Å²) >= 11 is 0. The van der Waals surface area contributed by atoms with Crippen molar-refractivity contribution in [3.63, 3.8) is 0 Å². The number of allylic oxidation sites excluding steroid dienone is 2. The summed E-state index contributed by atoms with van der Waals surface area (Å²) in [4.78, 5) is 12.3. The van der Waals surface area contributed by atoms with Gasteiger partial charge < -0.3 is 20.1 Å². The molecule has 4 rings (SSSR count). The van der Waals surface area contributed by atoms with Crippen molar-refractivity contribution in [2.75, 3.05) is 0 Å². The van der Waals surface area contributed by atoms with Crippen LogP contribution in [0.4, 0.5) is 0 Å². The van der Waals surface area contributed by atoms with Crippen LogP contribution in [0.15, 0.2) is 23.8 Å². The number of hydrogen-bond acceptors (Lipinski definition) is 5. The molecular weight excluding hydrogens is 380 g/mol. The molecule has 0 radical (unpaired) electrons. The SMILES string of the molecule is C=C1C2CC3C(C(C)C)C(O)CC3(C)CC2/C(C)=C\CC2C(C)OC(=O)C(O)C12O. The Morgan fingerprint density at radius 2 is 1.87 bits per heavy atom. The van der Waals surface area contributed by atoms with Crippen molar-refractivity contribution < 1.29 is 24.9 Å². The largest absolute Gasteiger partial charge is 0.460 e. The molecule has 0 aromatic heterocycles. The molecule has 10 unspecified atom stereocenters. The maximum atomic E-state index is 12.3. The van der Waals surface area contributed by atoms with E-state index in [1.165, 1.54) is 5.57 Å². The van der Waals surface area contributed by atoms with Crippen LogP contribution in [-0.4, -0.2) is 45.2 Å². The molecule has 5 heteroatoms. The predicted octanol–water partition coefficient (Wildman–Crippen LogP) is 3.23. The molecule has 2 saturated carbocycles. The maximum Gasteiger partial charge on any atom is 0.338 e. The van der Waals surface area contributed by atoms with Gasteiger partial charge in [-0.15, -0.1) is 0 Å². The first-order valence-electron chi connectivity index (χ1n) is 11.6. The fourth-order valence-corrected chi connectivity index (χ4v) is 7.65. The molecule has 3 N–H and O–H groups in total. The molecular formula is C25H38O5. The van der Waals surface area contributed by atoms with Gasteiger partial charge in [0, 0.05) is 5.92 Å². The Morgan fingerprint density at radius 3 is 2.50 bits per heavy atom. The predicted molar refractivity (Wildman–Crippen MR) is 114 cm³/mol. The summed E-state index contributed by atoms with van der Waals surface area (Å²) in [5.41, 5.74) is 0.215. The van der Waals surface area contributed by atoms with Crippen LogP contribution in [-0.2, 0) is 9.53 Å². The van der Waals surface area contributed by atoms with Crippen LogP contribution < -0.4 is 0 Å². The molecule has 1 saturated heterocycles. The second-order valence-electron chi connectivity index (χ2n) is 11.2. The summed E-state index contributed by atoms with van der Waals surface area (Å²) in [5, 5.41) is 33.5. The van der Waals surface area contributed by atoms with E-state index >= 15 is 0 Å². The first kappa shape index (κ1) is 22.0. The Kier molecular flexibility index (Phi) is 5.27. The molecule has 4 aliphatic rings. The van der Waals surface area contributed by atoms with Gasteiger partial charge in [0.05, 0.1) is 6.10 Å².